The minimum absolute atomic E-state index is 0.804. The summed E-state index contributed by atoms with van der Waals surface area (Å²) in [6.45, 7) is 0. The number of fused-ring (bicyclic) bond motifs is 8. The Balaban J connectivity index is 0.992. The van der Waals surface area contributed by atoms with E-state index < -0.39 is 0 Å². The van der Waals surface area contributed by atoms with Gasteiger partial charge >= 0.3 is 0 Å². The minimum atomic E-state index is 0.804. The molecule has 48 heavy (non-hydrogen) atoms. The van der Waals surface area contributed by atoms with E-state index in [4.69, 9.17) is 8.83 Å². The molecule has 0 aliphatic rings. The zero-order valence-corrected chi connectivity index (χ0v) is 26.6. The predicted molar refractivity (Wildman–Crippen MR) is 202 cm³/mol. The molecular weight excluding hydrogens is 607 g/mol. The second-order valence-corrected chi connectivity index (χ2v) is 13.2. The van der Waals surface area contributed by atoms with Crippen LogP contribution in [0.15, 0.2) is 173 Å². The first-order chi connectivity index (χ1) is 23.8. The summed E-state index contributed by atoms with van der Waals surface area (Å²) >= 11 is 1.85. The first kappa shape index (κ1) is 27.1. The average Bonchev–Trinajstić information content (AvgIpc) is 3.82. The maximum atomic E-state index is 6.32. The number of furan rings is 2. The zero-order chi connectivity index (χ0) is 31.6. The third-order valence-electron chi connectivity index (χ3n) is 9.30. The number of nitrogens with zero attached hydrogens (tertiary/aromatic N) is 1. The summed E-state index contributed by atoms with van der Waals surface area (Å²) in [6.07, 6.45) is 0. The number of anilines is 3. The summed E-state index contributed by atoms with van der Waals surface area (Å²) in [5.74, 6) is 0. The van der Waals surface area contributed by atoms with Crippen LogP contribution in [0, 0.1) is 0 Å². The monoisotopic (exact) mass is 633 g/mol. The number of hydrogen-bond acceptors (Lipinski definition) is 4. The first-order valence-electron chi connectivity index (χ1n) is 16.1. The van der Waals surface area contributed by atoms with Gasteiger partial charge in [0.25, 0.3) is 0 Å². The molecular formula is C44H27NO2S. The van der Waals surface area contributed by atoms with Crippen molar-refractivity contribution in [2.45, 2.75) is 0 Å². The predicted octanol–water partition coefficient (Wildman–Crippen LogP) is 13.5. The lowest BCUT2D eigenvalue weighted by atomic mass is 10.0. The van der Waals surface area contributed by atoms with Gasteiger partial charge in [-0.3, -0.25) is 0 Å². The Morgan fingerprint density at radius 2 is 0.875 bits per heavy atom. The maximum absolute atomic E-state index is 6.32. The van der Waals surface area contributed by atoms with E-state index in [9.17, 15) is 0 Å². The molecule has 0 saturated heterocycles. The second kappa shape index (κ2) is 10.7. The van der Waals surface area contributed by atoms with E-state index in [-0.39, 0.29) is 0 Å². The van der Waals surface area contributed by atoms with Gasteiger partial charge in [-0.2, -0.15) is 0 Å². The SMILES string of the molecule is c1ccc(N(c2ccc(-c3ccc4c(c3)oc3c5ccccc5oc43)cc2)c2ccc(-c3ccc4sc5ccccc5c4c3)cc2)cc1. The van der Waals surface area contributed by atoms with Gasteiger partial charge in [-0.15, -0.1) is 11.3 Å². The van der Waals surface area contributed by atoms with Gasteiger partial charge < -0.3 is 13.7 Å². The summed E-state index contributed by atoms with van der Waals surface area (Å²) < 4.78 is 15.1. The molecule has 0 bridgehead atoms. The number of hydrogen-bond donors (Lipinski definition) is 0. The van der Waals surface area contributed by atoms with Crippen molar-refractivity contribution >= 4 is 81.7 Å². The third-order valence-corrected chi connectivity index (χ3v) is 10.4. The normalized spacial score (nSPS) is 11.8. The molecule has 3 aromatic heterocycles. The van der Waals surface area contributed by atoms with Crippen LogP contribution in [-0.4, -0.2) is 0 Å². The molecule has 0 aliphatic heterocycles. The van der Waals surface area contributed by atoms with Crippen LogP contribution in [0.2, 0.25) is 0 Å². The average molecular weight is 634 g/mol. The summed E-state index contributed by atoms with van der Waals surface area (Å²) in [4.78, 5) is 2.30. The lowest BCUT2D eigenvalue weighted by Crippen LogP contribution is -2.09. The molecule has 0 amide bonds. The van der Waals surface area contributed by atoms with Gasteiger partial charge in [0.1, 0.15) is 11.2 Å². The van der Waals surface area contributed by atoms with Gasteiger partial charge in [0.05, 0.1) is 10.8 Å². The highest BCUT2D eigenvalue weighted by Crippen LogP contribution is 2.41. The van der Waals surface area contributed by atoms with Gasteiger partial charge in [-0.05, 0) is 101 Å². The van der Waals surface area contributed by atoms with Gasteiger partial charge in [0.15, 0.2) is 11.2 Å². The molecule has 0 fully saturated rings. The van der Waals surface area contributed by atoms with Crippen LogP contribution in [0.4, 0.5) is 17.1 Å². The molecule has 0 atom stereocenters. The molecule has 0 spiro atoms. The first-order valence-corrected chi connectivity index (χ1v) is 16.9. The van der Waals surface area contributed by atoms with E-state index in [1.165, 1.54) is 31.3 Å². The molecule has 0 aliphatic carbocycles. The maximum Gasteiger partial charge on any atom is 0.181 e. The Morgan fingerprint density at radius 3 is 1.62 bits per heavy atom. The van der Waals surface area contributed by atoms with Crippen LogP contribution >= 0.6 is 11.3 Å². The highest BCUT2D eigenvalue weighted by atomic mass is 32.1. The summed E-state index contributed by atoms with van der Waals surface area (Å²) in [6, 6.07) is 58.0. The molecule has 0 unspecified atom stereocenters. The van der Waals surface area contributed by atoms with Gasteiger partial charge in [-0.25, -0.2) is 0 Å². The second-order valence-electron chi connectivity index (χ2n) is 12.1. The van der Waals surface area contributed by atoms with Crippen molar-refractivity contribution in [1.82, 2.24) is 0 Å². The number of thiophene rings is 1. The van der Waals surface area contributed by atoms with Gasteiger partial charge in [-0.1, -0.05) is 84.9 Å². The Morgan fingerprint density at radius 1 is 0.354 bits per heavy atom. The van der Waals surface area contributed by atoms with Crippen molar-refractivity contribution in [3.8, 4) is 22.3 Å². The van der Waals surface area contributed by atoms with Crippen LogP contribution in [-0.2, 0) is 0 Å². The molecule has 226 valence electrons. The quantitative estimate of drug-likeness (QED) is 0.189. The van der Waals surface area contributed by atoms with Crippen LogP contribution < -0.4 is 4.90 Å². The molecule has 0 radical (unpaired) electrons. The van der Waals surface area contributed by atoms with Crippen LogP contribution in [0.25, 0.3) is 75.5 Å². The molecule has 4 heteroatoms. The molecule has 7 aromatic carbocycles. The zero-order valence-electron chi connectivity index (χ0n) is 25.8. The van der Waals surface area contributed by atoms with Crippen molar-refractivity contribution in [2.24, 2.45) is 0 Å². The third kappa shape index (κ3) is 4.34. The van der Waals surface area contributed by atoms with Crippen molar-refractivity contribution < 1.29 is 8.83 Å². The van der Waals surface area contributed by atoms with Gasteiger partial charge in [0, 0.05) is 37.2 Å². The highest BCUT2D eigenvalue weighted by Gasteiger charge is 2.17. The molecule has 0 saturated carbocycles. The lowest BCUT2D eigenvalue weighted by Gasteiger charge is -2.26. The van der Waals surface area contributed by atoms with Crippen LogP contribution in [0.3, 0.4) is 0 Å². The molecule has 10 rings (SSSR count). The summed E-state index contributed by atoms with van der Waals surface area (Å²) in [5.41, 5.74) is 11.2. The molecule has 0 N–H and O–H groups in total. The van der Waals surface area contributed by atoms with Crippen molar-refractivity contribution in [2.75, 3.05) is 4.90 Å². The van der Waals surface area contributed by atoms with Crippen molar-refractivity contribution in [3.05, 3.63) is 164 Å². The van der Waals surface area contributed by atoms with Crippen LogP contribution in [0.1, 0.15) is 0 Å². The number of rotatable bonds is 5. The van der Waals surface area contributed by atoms with E-state index in [0.717, 1.165) is 61.3 Å². The molecule has 3 nitrogen and oxygen atoms in total. The smallest absolute Gasteiger partial charge is 0.181 e. The highest BCUT2D eigenvalue weighted by molar-refractivity contribution is 7.25. The largest absolute Gasteiger partial charge is 0.452 e. The topological polar surface area (TPSA) is 29.5 Å². The molecule has 10 aromatic rings. The van der Waals surface area contributed by atoms with E-state index in [0.29, 0.717) is 0 Å². The van der Waals surface area contributed by atoms with Gasteiger partial charge in [0.2, 0.25) is 0 Å². The Labute approximate surface area is 280 Å². The lowest BCUT2D eigenvalue weighted by molar-refractivity contribution is 0.653. The Hall–Kier alpha value is -6.10. The van der Waals surface area contributed by atoms with Crippen molar-refractivity contribution in [3.63, 3.8) is 0 Å². The molecule has 3 heterocycles. The number of benzene rings is 7. The number of para-hydroxylation sites is 2. The van der Waals surface area contributed by atoms with E-state index in [1.54, 1.807) is 0 Å². The fraction of sp³-hybridized carbons (Fsp3) is 0. The van der Waals surface area contributed by atoms with E-state index >= 15 is 0 Å². The van der Waals surface area contributed by atoms with E-state index in [2.05, 4.69) is 144 Å². The fourth-order valence-corrected chi connectivity index (χ4v) is 8.01. The minimum Gasteiger partial charge on any atom is -0.452 e. The summed E-state index contributed by atoms with van der Waals surface area (Å²) in [5, 5.41) is 4.63. The van der Waals surface area contributed by atoms with Crippen molar-refractivity contribution in [1.29, 1.82) is 0 Å². The van der Waals surface area contributed by atoms with E-state index in [1.807, 2.05) is 35.6 Å². The Bertz CT molecular complexity index is 2770. The Kier molecular flexibility index (Phi) is 6.05. The standard InChI is InChI=1S/C44H27NO2S/c1-2-8-32(9-3-1)45(33-20-14-28(15-21-33)30-19-25-42-38(26-30)35-10-5-7-13-41(35)48-42)34-22-16-29(17-23-34)31-18-24-37-40(27-31)47-43-36-11-4-6-12-39(36)46-44(37)43/h1-27H. The van der Waals surface area contributed by atoms with Crippen LogP contribution in [0.5, 0.6) is 0 Å². The fourth-order valence-electron chi connectivity index (χ4n) is 6.92. The summed E-state index contributed by atoms with van der Waals surface area (Å²) in [7, 11) is 0.